The maximum absolute atomic E-state index is 13.1. The Hall–Kier alpha value is -0.410. The number of benzene rings is 1. The fourth-order valence-electron chi connectivity index (χ4n) is 2.42. The van der Waals surface area contributed by atoms with Crippen molar-refractivity contribution >= 4 is 15.9 Å². The van der Waals surface area contributed by atoms with Crippen LogP contribution in [-0.2, 0) is 6.54 Å². The van der Waals surface area contributed by atoms with Crippen LogP contribution in [0, 0.1) is 5.82 Å². The van der Waals surface area contributed by atoms with E-state index in [-0.39, 0.29) is 5.82 Å². The molecule has 3 heteroatoms. The van der Waals surface area contributed by atoms with Crippen LogP contribution < -0.4 is 5.32 Å². The Balaban J connectivity index is 1.89. The second-order valence-corrected chi connectivity index (χ2v) is 5.66. The largest absolute Gasteiger partial charge is 0.310 e. The Labute approximate surface area is 111 Å². The smallest absolute Gasteiger partial charge is 0.123 e. The molecule has 1 nitrogen and oxygen atoms in total. The molecule has 0 aliphatic heterocycles. The summed E-state index contributed by atoms with van der Waals surface area (Å²) in [7, 11) is 0. The first-order valence-electron chi connectivity index (χ1n) is 6.43. The van der Waals surface area contributed by atoms with Crippen molar-refractivity contribution in [3.05, 3.63) is 34.1 Å². The van der Waals surface area contributed by atoms with Gasteiger partial charge in [0.05, 0.1) is 0 Å². The van der Waals surface area contributed by atoms with Crippen LogP contribution in [0.5, 0.6) is 0 Å². The first-order valence-corrected chi connectivity index (χ1v) is 7.22. The van der Waals surface area contributed by atoms with Crippen molar-refractivity contribution in [2.24, 2.45) is 0 Å². The van der Waals surface area contributed by atoms with E-state index < -0.39 is 0 Å². The highest BCUT2D eigenvalue weighted by Crippen LogP contribution is 2.20. The molecule has 0 bridgehead atoms. The van der Waals surface area contributed by atoms with E-state index in [0.29, 0.717) is 6.04 Å². The van der Waals surface area contributed by atoms with E-state index in [0.717, 1.165) is 16.6 Å². The fourth-order valence-corrected chi connectivity index (χ4v) is 2.80. The van der Waals surface area contributed by atoms with Crippen LogP contribution in [0.3, 0.4) is 0 Å². The van der Waals surface area contributed by atoms with E-state index in [1.54, 1.807) is 12.1 Å². The van der Waals surface area contributed by atoms with Gasteiger partial charge in [0.1, 0.15) is 5.82 Å². The lowest BCUT2D eigenvalue weighted by molar-refractivity contribution is 0.458. The van der Waals surface area contributed by atoms with Gasteiger partial charge < -0.3 is 5.32 Å². The molecule has 17 heavy (non-hydrogen) atoms. The molecule has 1 N–H and O–H groups in total. The zero-order valence-electron chi connectivity index (χ0n) is 10.0. The molecule has 1 saturated carbocycles. The normalized spacial score (nSPS) is 18.0. The Bertz CT molecular complexity index is 359. The van der Waals surface area contributed by atoms with Crippen LogP contribution in [0.1, 0.15) is 44.1 Å². The van der Waals surface area contributed by atoms with E-state index in [1.807, 2.05) is 0 Å². The molecule has 0 heterocycles. The van der Waals surface area contributed by atoms with E-state index in [4.69, 9.17) is 0 Å². The highest BCUT2D eigenvalue weighted by atomic mass is 79.9. The fraction of sp³-hybridized carbons (Fsp3) is 0.571. The lowest BCUT2D eigenvalue weighted by atomic mass is 10.1. The van der Waals surface area contributed by atoms with Gasteiger partial charge in [-0.25, -0.2) is 4.39 Å². The van der Waals surface area contributed by atoms with Gasteiger partial charge in [-0.05, 0) is 36.6 Å². The summed E-state index contributed by atoms with van der Waals surface area (Å²) in [6.07, 6.45) is 7.88. The van der Waals surface area contributed by atoms with Crippen molar-refractivity contribution in [2.75, 3.05) is 0 Å². The van der Waals surface area contributed by atoms with Crippen LogP contribution in [-0.4, -0.2) is 6.04 Å². The van der Waals surface area contributed by atoms with E-state index in [9.17, 15) is 4.39 Å². The van der Waals surface area contributed by atoms with Gasteiger partial charge in [0.2, 0.25) is 0 Å². The highest BCUT2D eigenvalue weighted by molar-refractivity contribution is 9.10. The number of halogens is 2. The average Bonchev–Trinajstić information content (AvgIpc) is 2.59. The van der Waals surface area contributed by atoms with Crippen LogP contribution in [0.15, 0.2) is 22.7 Å². The van der Waals surface area contributed by atoms with E-state index in [1.165, 1.54) is 44.6 Å². The third-order valence-electron chi connectivity index (χ3n) is 3.44. The quantitative estimate of drug-likeness (QED) is 0.816. The molecule has 1 aromatic carbocycles. The molecule has 0 aromatic heterocycles. The van der Waals surface area contributed by atoms with Gasteiger partial charge in [0.25, 0.3) is 0 Å². The summed E-state index contributed by atoms with van der Waals surface area (Å²) in [5.74, 6) is -0.161. The molecule has 0 unspecified atom stereocenters. The summed E-state index contributed by atoms with van der Waals surface area (Å²) >= 11 is 3.46. The van der Waals surface area contributed by atoms with Crippen molar-refractivity contribution in [3.8, 4) is 0 Å². The first-order chi connectivity index (χ1) is 8.25. The Morgan fingerprint density at radius 3 is 2.59 bits per heavy atom. The maximum atomic E-state index is 13.1. The summed E-state index contributed by atoms with van der Waals surface area (Å²) in [5, 5.41) is 3.55. The number of hydrogen-bond acceptors (Lipinski definition) is 1. The van der Waals surface area contributed by atoms with Gasteiger partial charge in [0.15, 0.2) is 0 Å². The molecule has 1 aromatic rings. The van der Waals surface area contributed by atoms with E-state index in [2.05, 4.69) is 21.2 Å². The van der Waals surface area contributed by atoms with Gasteiger partial charge in [-0.1, -0.05) is 41.6 Å². The molecule has 1 aliphatic rings. The molecular formula is C14H19BrFN. The SMILES string of the molecule is Fc1ccc(Br)c(CNC2CCCCCC2)c1. The van der Waals surface area contributed by atoms with Crippen LogP contribution in [0.25, 0.3) is 0 Å². The van der Waals surface area contributed by atoms with Gasteiger partial charge in [-0.2, -0.15) is 0 Å². The summed E-state index contributed by atoms with van der Waals surface area (Å²) < 4.78 is 14.1. The third-order valence-corrected chi connectivity index (χ3v) is 4.22. The second-order valence-electron chi connectivity index (χ2n) is 4.81. The van der Waals surface area contributed by atoms with Crippen molar-refractivity contribution < 1.29 is 4.39 Å². The molecule has 0 atom stereocenters. The molecule has 2 rings (SSSR count). The molecule has 0 amide bonds. The monoisotopic (exact) mass is 299 g/mol. The molecule has 0 saturated heterocycles. The van der Waals surface area contributed by atoms with Gasteiger partial charge in [-0.15, -0.1) is 0 Å². The Kier molecular flexibility index (Phi) is 4.99. The molecular weight excluding hydrogens is 281 g/mol. The Morgan fingerprint density at radius 2 is 1.88 bits per heavy atom. The van der Waals surface area contributed by atoms with Gasteiger partial charge >= 0.3 is 0 Å². The first kappa shape index (κ1) is 13.0. The lowest BCUT2D eigenvalue weighted by Gasteiger charge is -2.16. The summed E-state index contributed by atoms with van der Waals surface area (Å²) in [6, 6.07) is 5.47. The topological polar surface area (TPSA) is 12.0 Å². The standard InChI is InChI=1S/C14H19BrFN/c15-14-8-7-12(16)9-11(14)10-17-13-5-3-1-2-4-6-13/h7-9,13,17H,1-6,10H2. The average molecular weight is 300 g/mol. The minimum Gasteiger partial charge on any atom is -0.310 e. The third kappa shape index (κ3) is 4.07. The number of rotatable bonds is 3. The lowest BCUT2D eigenvalue weighted by Crippen LogP contribution is -2.28. The van der Waals surface area contributed by atoms with Crippen molar-refractivity contribution in [1.82, 2.24) is 5.32 Å². The van der Waals surface area contributed by atoms with Crippen LogP contribution in [0.2, 0.25) is 0 Å². The highest BCUT2D eigenvalue weighted by Gasteiger charge is 2.12. The molecule has 0 spiro atoms. The summed E-state index contributed by atoms with van der Waals surface area (Å²) in [5.41, 5.74) is 1.01. The predicted octanol–water partition coefficient (Wildman–Crippen LogP) is 4.40. The maximum Gasteiger partial charge on any atom is 0.123 e. The zero-order valence-corrected chi connectivity index (χ0v) is 11.6. The van der Waals surface area contributed by atoms with Crippen molar-refractivity contribution in [2.45, 2.75) is 51.1 Å². The van der Waals surface area contributed by atoms with Gasteiger partial charge in [0, 0.05) is 17.1 Å². The number of nitrogens with one attached hydrogen (secondary N) is 1. The molecule has 1 fully saturated rings. The summed E-state index contributed by atoms with van der Waals surface area (Å²) in [6.45, 7) is 0.753. The van der Waals surface area contributed by atoms with Gasteiger partial charge in [-0.3, -0.25) is 0 Å². The van der Waals surface area contributed by atoms with Crippen molar-refractivity contribution in [3.63, 3.8) is 0 Å². The van der Waals surface area contributed by atoms with Crippen molar-refractivity contribution in [1.29, 1.82) is 0 Å². The van der Waals surface area contributed by atoms with E-state index >= 15 is 0 Å². The second kappa shape index (κ2) is 6.50. The Morgan fingerprint density at radius 1 is 1.18 bits per heavy atom. The van der Waals surface area contributed by atoms with Crippen LogP contribution in [0.4, 0.5) is 4.39 Å². The summed E-state index contributed by atoms with van der Waals surface area (Å²) in [4.78, 5) is 0. The number of hydrogen-bond donors (Lipinski definition) is 1. The predicted molar refractivity (Wildman–Crippen MR) is 72.4 cm³/mol. The minimum atomic E-state index is -0.161. The minimum absolute atomic E-state index is 0.161. The van der Waals surface area contributed by atoms with Crippen LogP contribution >= 0.6 is 15.9 Å². The molecule has 94 valence electrons. The zero-order chi connectivity index (χ0) is 12.1. The molecule has 0 radical (unpaired) electrons. The molecule has 1 aliphatic carbocycles.